The van der Waals surface area contributed by atoms with Crippen molar-refractivity contribution in [3.63, 3.8) is 0 Å². The number of amides is 2. The fraction of sp³-hybridized carbons (Fsp3) is 0.333. The molecule has 4 nitrogen and oxygen atoms in total. The van der Waals surface area contributed by atoms with E-state index in [9.17, 15) is 9.59 Å². The van der Waals surface area contributed by atoms with Crippen LogP contribution in [0.15, 0.2) is 33.2 Å². The molecule has 27 heavy (non-hydrogen) atoms. The van der Waals surface area contributed by atoms with Crippen molar-refractivity contribution in [2.45, 2.75) is 47.0 Å². The molecule has 2 rings (SSSR count). The molecule has 2 N–H and O–H groups in total. The first-order valence-electron chi connectivity index (χ1n) is 8.60. The molecule has 0 saturated heterocycles. The summed E-state index contributed by atoms with van der Waals surface area (Å²) in [6.45, 7) is 11.4. The van der Waals surface area contributed by atoms with E-state index in [1.54, 1.807) is 0 Å². The minimum absolute atomic E-state index is 0.101. The highest BCUT2D eigenvalue weighted by Gasteiger charge is 2.28. The lowest BCUT2D eigenvalue weighted by Crippen LogP contribution is -2.22. The number of carbonyl (C=O) groups is 2. The predicted octanol–water partition coefficient (Wildman–Crippen LogP) is 6.07. The molecule has 0 aliphatic heterocycles. The minimum atomic E-state index is -0.275. The zero-order chi connectivity index (χ0) is 20.5. The maximum atomic E-state index is 11.4. The van der Waals surface area contributed by atoms with Crippen molar-refractivity contribution in [2.75, 3.05) is 10.6 Å². The first kappa shape index (κ1) is 21.6. The predicted molar refractivity (Wildman–Crippen MR) is 118 cm³/mol. The van der Waals surface area contributed by atoms with E-state index in [0.717, 1.165) is 42.6 Å². The number of anilines is 2. The second kappa shape index (κ2) is 8.15. The van der Waals surface area contributed by atoms with Gasteiger partial charge in [-0.25, -0.2) is 0 Å². The molecular weight excluding hydrogens is 472 g/mol. The van der Waals surface area contributed by atoms with E-state index in [1.807, 2.05) is 26.0 Å². The Labute approximate surface area is 177 Å². The molecule has 0 aromatic heterocycles. The summed E-state index contributed by atoms with van der Waals surface area (Å²) in [6, 6.07) is 8.10. The van der Waals surface area contributed by atoms with Gasteiger partial charge in [0, 0.05) is 28.2 Å². The lowest BCUT2D eigenvalue weighted by molar-refractivity contribution is -0.115. The standard InChI is InChI=1S/C21H24Br2N2O2/c1-11-7-19(24-13(3)26)17(22)9-15(11)21(5,6)16-10-18(23)20(8-12(16)2)25-14(4)27/h7-10H,1-6H3,(H,24,26)(H,25,27). The average Bonchev–Trinajstić information content (AvgIpc) is 2.52. The number of benzene rings is 2. The Morgan fingerprint density at radius 1 is 0.778 bits per heavy atom. The van der Waals surface area contributed by atoms with Gasteiger partial charge in [-0.2, -0.15) is 0 Å². The Kier molecular flexibility index (Phi) is 6.53. The van der Waals surface area contributed by atoms with Crippen LogP contribution in [-0.4, -0.2) is 11.8 Å². The molecule has 0 aliphatic rings. The fourth-order valence-corrected chi connectivity index (χ4v) is 4.31. The van der Waals surface area contributed by atoms with Gasteiger partial charge in [0.25, 0.3) is 0 Å². The summed E-state index contributed by atoms with van der Waals surface area (Å²) < 4.78 is 1.69. The molecule has 0 saturated carbocycles. The molecule has 0 aliphatic carbocycles. The van der Waals surface area contributed by atoms with Crippen LogP contribution in [-0.2, 0) is 15.0 Å². The summed E-state index contributed by atoms with van der Waals surface area (Å²) in [7, 11) is 0. The van der Waals surface area contributed by atoms with Gasteiger partial charge in [-0.3, -0.25) is 9.59 Å². The largest absolute Gasteiger partial charge is 0.325 e. The molecular formula is C21H24Br2N2O2. The maximum Gasteiger partial charge on any atom is 0.221 e. The van der Waals surface area contributed by atoms with E-state index < -0.39 is 0 Å². The van der Waals surface area contributed by atoms with Crippen LogP contribution in [0.25, 0.3) is 0 Å². The molecule has 0 atom stereocenters. The molecule has 0 bridgehead atoms. The molecule has 0 spiro atoms. The Hall–Kier alpha value is -1.66. The molecule has 144 valence electrons. The number of hydrogen-bond acceptors (Lipinski definition) is 2. The summed E-state index contributed by atoms with van der Waals surface area (Å²) in [5.74, 6) is -0.203. The Balaban J connectivity index is 2.55. The second-order valence-corrected chi connectivity index (χ2v) is 8.99. The highest BCUT2D eigenvalue weighted by Crippen LogP contribution is 2.41. The van der Waals surface area contributed by atoms with Crippen LogP contribution in [0.4, 0.5) is 11.4 Å². The van der Waals surface area contributed by atoms with Crippen LogP contribution < -0.4 is 10.6 Å². The topological polar surface area (TPSA) is 58.2 Å². The molecule has 2 aromatic carbocycles. The molecule has 0 unspecified atom stereocenters. The third kappa shape index (κ3) is 4.79. The monoisotopic (exact) mass is 494 g/mol. The van der Waals surface area contributed by atoms with E-state index in [2.05, 4.69) is 68.5 Å². The van der Waals surface area contributed by atoms with E-state index >= 15 is 0 Å². The lowest BCUT2D eigenvalue weighted by Gasteiger charge is -2.31. The van der Waals surface area contributed by atoms with Gasteiger partial charge in [-0.1, -0.05) is 13.8 Å². The number of nitrogens with one attached hydrogen (secondary N) is 2. The lowest BCUT2D eigenvalue weighted by atomic mass is 9.74. The van der Waals surface area contributed by atoms with Gasteiger partial charge in [0.15, 0.2) is 0 Å². The summed E-state index contributed by atoms with van der Waals surface area (Å²) in [4.78, 5) is 22.8. The normalized spacial score (nSPS) is 11.3. The number of carbonyl (C=O) groups excluding carboxylic acids is 2. The number of aryl methyl sites for hydroxylation is 2. The third-order valence-corrected chi connectivity index (χ3v) is 5.91. The van der Waals surface area contributed by atoms with Gasteiger partial charge in [-0.05, 0) is 92.2 Å². The zero-order valence-corrected chi connectivity index (χ0v) is 19.6. The fourth-order valence-electron chi connectivity index (χ4n) is 3.43. The van der Waals surface area contributed by atoms with E-state index in [1.165, 1.54) is 13.8 Å². The second-order valence-electron chi connectivity index (χ2n) is 7.28. The van der Waals surface area contributed by atoms with Crippen LogP contribution in [0.2, 0.25) is 0 Å². The van der Waals surface area contributed by atoms with Crippen molar-refractivity contribution in [3.8, 4) is 0 Å². The van der Waals surface area contributed by atoms with Crippen molar-refractivity contribution >= 4 is 55.0 Å². The van der Waals surface area contributed by atoms with Crippen molar-refractivity contribution in [1.29, 1.82) is 0 Å². The summed E-state index contributed by atoms with van der Waals surface area (Å²) in [5.41, 5.74) is 5.75. The third-order valence-electron chi connectivity index (χ3n) is 4.60. The number of hydrogen-bond donors (Lipinski definition) is 2. The van der Waals surface area contributed by atoms with Crippen molar-refractivity contribution in [3.05, 3.63) is 55.5 Å². The van der Waals surface area contributed by atoms with Gasteiger partial charge < -0.3 is 10.6 Å². The SMILES string of the molecule is CC(=O)Nc1cc(C)c(C(C)(C)c2cc(Br)c(NC(C)=O)cc2C)cc1Br. The summed E-state index contributed by atoms with van der Waals surface area (Å²) in [5, 5.41) is 5.69. The van der Waals surface area contributed by atoms with Crippen LogP contribution in [0.5, 0.6) is 0 Å². The van der Waals surface area contributed by atoms with Crippen molar-refractivity contribution in [1.82, 2.24) is 0 Å². The number of rotatable bonds is 4. The van der Waals surface area contributed by atoms with Gasteiger partial charge in [0.05, 0.1) is 11.4 Å². The van der Waals surface area contributed by atoms with E-state index in [-0.39, 0.29) is 17.2 Å². The Bertz CT molecular complexity index is 847. The van der Waals surface area contributed by atoms with Gasteiger partial charge in [0.1, 0.15) is 0 Å². The van der Waals surface area contributed by atoms with Gasteiger partial charge >= 0.3 is 0 Å². The van der Waals surface area contributed by atoms with Crippen LogP contribution >= 0.6 is 31.9 Å². The number of halogens is 2. The Morgan fingerprint density at radius 3 is 1.41 bits per heavy atom. The van der Waals surface area contributed by atoms with Crippen LogP contribution in [0, 0.1) is 13.8 Å². The van der Waals surface area contributed by atoms with Crippen molar-refractivity contribution in [2.24, 2.45) is 0 Å². The smallest absolute Gasteiger partial charge is 0.221 e. The molecule has 0 radical (unpaired) electrons. The van der Waals surface area contributed by atoms with E-state index in [4.69, 9.17) is 0 Å². The quantitative estimate of drug-likeness (QED) is 0.540. The highest BCUT2D eigenvalue weighted by atomic mass is 79.9. The van der Waals surface area contributed by atoms with Crippen molar-refractivity contribution < 1.29 is 9.59 Å². The zero-order valence-electron chi connectivity index (χ0n) is 16.4. The summed E-state index contributed by atoms with van der Waals surface area (Å²) >= 11 is 7.15. The first-order valence-corrected chi connectivity index (χ1v) is 10.2. The van der Waals surface area contributed by atoms with Crippen LogP contribution in [0.3, 0.4) is 0 Å². The molecule has 2 amide bonds. The molecule has 6 heteroatoms. The van der Waals surface area contributed by atoms with Gasteiger partial charge in [-0.15, -0.1) is 0 Å². The average molecular weight is 496 g/mol. The van der Waals surface area contributed by atoms with Crippen LogP contribution in [0.1, 0.15) is 49.9 Å². The maximum absolute atomic E-state index is 11.4. The molecule has 0 fully saturated rings. The Morgan fingerprint density at radius 2 is 1.11 bits per heavy atom. The summed E-state index contributed by atoms with van der Waals surface area (Å²) in [6.07, 6.45) is 0. The highest BCUT2D eigenvalue weighted by molar-refractivity contribution is 9.11. The molecule has 2 aromatic rings. The first-order chi connectivity index (χ1) is 12.4. The minimum Gasteiger partial charge on any atom is -0.325 e. The van der Waals surface area contributed by atoms with E-state index in [0.29, 0.717) is 0 Å². The van der Waals surface area contributed by atoms with Gasteiger partial charge in [0.2, 0.25) is 11.8 Å². The molecule has 0 heterocycles.